The summed E-state index contributed by atoms with van der Waals surface area (Å²) in [6.07, 6.45) is 7.03. The minimum absolute atomic E-state index is 0.0294. The van der Waals surface area contributed by atoms with Crippen LogP contribution in [-0.2, 0) is 0 Å². The second-order valence-electron chi connectivity index (χ2n) is 6.90. The van der Waals surface area contributed by atoms with Gasteiger partial charge in [0.25, 0.3) is 5.91 Å². The van der Waals surface area contributed by atoms with Crippen LogP contribution in [0.3, 0.4) is 0 Å². The molecule has 0 spiro atoms. The number of rotatable bonds is 4. The van der Waals surface area contributed by atoms with E-state index in [4.69, 9.17) is 5.73 Å². The van der Waals surface area contributed by atoms with Crippen molar-refractivity contribution in [3.63, 3.8) is 0 Å². The highest BCUT2D eigenvalue weighted by molar-refractivity contribution is 7.17. The van der Waals surface area contributed by atoms with Gasteiger partial charge < -0.3 is 11.1 Å². The monoisotopic (exact) mass is 314 g/mol. The number of thiophene rings is 1. The molecule has 1 unspecified atom stereocenters. The molecule has 3 nitrogen and oxygen atoms in total. The van der Waals surface area contributed by atoms with Crippen LogP contribution in [0.4, 0.5) is 0 Å². The number of hydrogen-bond donors (Lipinski definition) is 2. The third-order valence-corrected chi connectivity index (χ3v) is 6.22. The molecule has 2 aliphatic carbocycles. The number of fused-ring (bicyclic) bond motifs is 1. The van der Waals surface area contributed by atoms with E-state index < -0.39 is 0 Å². The average molecular weight is 314 g/mol. The SMILES string of the molecule is NC1(C(NC(=O)c2ccc3sccc3c2)C2CCCC2)CC1. The minimum atomic E-state index is -0.156. The van der Waals surface area contributed by atoms with Gasteiger partial charge in [0.2, 0.25) is 0 Å². The molecule has 2 aliphatic rings. The van der Waals surface area contributed by atoms with Gasteiger partial charge in [0.15, 0.2) is 0 Å². The number of hydrogen-bond acceptors (Lipinski definition) is 3. The maximum absolute atomic E-state index is 12.7. The van der Waals surface area contributed by atoms with Gasteiger partial charge in [-0.05, 0) is 66.6 Å². The highest BCUT2D eigenvalue weighted by Crippen LogP contribution is 2.43. The van der Waals surface area contributed by atoms with Crippen molar-refractivity contribution < 1.29 is 4.79 Å². The number of carbonyl (C=O) groups is 1. The molecule has 3 N–H and O–H groups in total. The predicted molar refractivity (Wildman–Crippen MR) is 91.2 cm³/mol. The molecule has 0 saturated heterocycles. The maximum Gasteiger partial charge on any atom is 0.251 e. The molecule has 1 atom stereocenters. The first-order chi connectivity index (χ1) is 10.7. The van der Waals surface area contributed by atoms with Crippen molar-refractivity contribution in [3.8, 4) is 0 Å². The van der Waals surface area contributed by atoms with E-state index in [1.54, 1.807) is 11.3 Å². The van der Waals surface area contributed by atoms with E-state index in [-0.39, 0.29) is 17.5 Å². The Hall–Kier alpha value is -1.39. The van der Waals surface area contributed by atoms with Crippen LogP contribution in [0.1, 0.15) is 48.9 Å². The summed E-state index contributed by atoms with van der Waals surface area (Å²) in [5.74, 6) is 0.586. The lowest BCUT2D eigenvalue weighted by atomic mass is 9.90. The molecule has 4 heteroatoms. The Balaban J connectivity index is 1.55. The second-order valence-corrected chi connectivity index (χ2v) is 7.85. The molecule has 2 saturated carbocycles. The van der Waals surface area contributed by atoms with Crippen molar-refractivity contribution in [2.75, 3.05) is 0 Å². The molecule has 116 valence electrons. The number of nitrogens with two attached hydrogens (primary N) is 1. The molecule has 0 aliphatic heterocycles. The second kappa shape index (κ2) is 5.36. The molecule has 4 rings (SSSR count). The summed E-state index contributed by atoms with van der Waals surface area (Å²) in [5, 5.41) is 6.48. The summed E-state index contributed by atoms with van der Waals surface area (Å²) in [4.78, 5) is 12.7. The third kappa shape index (κ3) is 2.55. The van der Waals surface area contributed by atoms with Crippen molar-refractivity contribution in [1.82, 2.24) is 5.32 Å². The van der Waals surface area contributed by atoms with Crippen LogP contribution >= 0.6 is 11.3 Å². The van der Waals surface area contributed by atoms with E-state index in [1.165, 1.54) is 30.4 Å². The molecular formula is C18H22N2OS. The molecule has 1 amide bonds. The Kier molecular flexibility index (Phi) is 3.46. The van der Waals surface area contributed by atoms with Gasteiger partial charge in [0, 0.05) is 21.8 Å². The van der Waals surface area contributed by atoms with E-state index in [0.717, 1.165) is 23.8 Å². The van der Waals surface area contributed by atoms with Crippen molar-refractivity contribution in [3.05, 3.63) is 35.2 Å². The van der Waals surface area contributed by atoms with Crippen LogP contribution in [0.2, 0.25) is 0 Å². The predicted octanol–water partition coefficient (Wildman–Crippen LogP) is 3.68. The van der Waals surface area contributed by atoms with Gasteiger partial charge in [-0.25, -0.2) is 0 Å². The van der Waals surface area contributed by atoms with Crippen LogP contribution in [-0.4, -0.2) is 17.5 Å². The molecule has 2 aromatic rings. The number of nitrogens with one attached hydrogen (secondary N) is 1. The normalized spacial score (nSPS) is 21.9. The summed E-state index contributed by atoms with van der Waals surface area (Å²) >= 11 is 1.70. The molecule has 0 radical (unpaired) electrons. The van der Waals surface area contributed by atoms with Crippen molar-refractivity contribution in [2.24, 2.45) is 11.7 Å². The quantitative estimate of drug-likeness (QED) is 0.904. The van der Waals surface area contributed by atoms with Gasteiger partial charge in [-0.3, -0.25) is 4.79 Å². The standard InChI is InChI=1S/C18H22N2OS/c19-18(8-9-18)16(12-3-1-2-4-12)20-17(21)14-5-6-15-13(11-14)7-10-22-15/h5-7,10-12,16H,1-4,8-9,19H2,(H,20,21). The Morgan fingerprint density at radius 2 is 2.05 bits per heavy atom. The molecule has 1 aromatic heterocycles. The van der Waals surface area contributed by atoms with Crippen LogP contribution in [0.15, 0.2) is 29.6 Å². The van der Waals surface area contributed by atoms with Gasteiger partial charge in [-0.15, -0.1) is 11.3 Å². The minimum Gasteiger partial charge on any atom is -0.347 e. The number of carbonyl (C=O) groups excluding carboxylic acids is 1. The van der Waals surface area contributed by atoms with Gasteiger partial charge in [0.1, 0.15) is 0 Å². The Morgan fingerprint density at radius 3 is 2.77 bits per heavy atom. The molecule has 2 fully saturated rings. The molecule has 22 heavy (non-hydrogen) atoms. The first-order valence-electron chi connectivity index (χ1n) is 8.23. The number of amides is 1. The van der Waals surface area contributed by atoms with Gasteiger partial charge >= 0.3 is 0 Å². The highest BCUT2D eigenvalue weighted by Gasteiger charge is 2.49. The zero-order valence-corrected chi connectivity index (χ0v) is 13.5. The highest BCUT2D eigenvalue weighted by atomic mass is 32.1. The molecule has 0 bridgehead atoms. The Bertz CT molecular complexity index is 698. The van der Waals surface area contributed by atoms with E-state index in [2.05, 4.69) is 16.8 Å². The van der Waals surface area contributed by atoms with Crippen molar-refractivity contribution in [1.29, 1.82) is 0 Å². The fraction of sp³-hybridized carbons (Fsp3) is 0.500. The van der Waals surface area contributed by atoms with Gasteiger partial charge in [-0.1, -0.05) is 12.8 Å². The van der Waals surface area contributed by atoms with E-state index in [1.807, 2.05) is 18.2 Å². The van der Waals surface area contributed by atoms with Crippen LogP contribution in [0, 0.1) is 5.92 Å². The Labute approximate surface area is 134 Å². The smallest absolute Gasteiger partial charge is 0.251 e. The third-order valence-electron chi connectivity index (χ3n) is 5.32. The van der Waals surface area contributed by atoms with Crippen LogP contribution < -0.4 is 11.1 Å². The topological polar surface area (TPSA) is 55.1 Å². The summed E-state index contributed by atoms with van der Waals surface area (Å²) in [6.45, 7) is 0. The molecular weight excluding hydrogens is 292 g/mol. The van der Waals surface area contributed by atoms with Crippen molar-refractivity contribution in [2.45, 2.75) is 50.1 Å². The van der Waals surface area contributed by atoms with Gasteiger partial charge in [-0.2, -0.15) is 0 Å². The Morgan fingerprint density at radius 1 is 1.27 bits per heavy atom. The van der Waals surface area contributed by atoms with E-state index >= 15 is 0 Å². The fourth-order valence-corrected chi connectivity index (χ4v) is 4.58. The maximum atomic E-state index is 12.7. The van der Waals surface area contributed by atoms with Crippen molar-refractivity contribution >= 4 is 27.3 Å². The summed E-state index contributed by atoms with van der Waals surface area (Å²) in [5.41, 5.74) is 7.05. The van der Waals surface area contributed by atoms with E-state index in [0.29, 0.717) is 5.92 Å². The molecule has 1 aromatic carbocycles. The largest absolute Gasteiger partial charge is 0.347 e. The molecule has 1 heterocycles. The number of benzene rings is 1. The first kappa shape index (κ1) is 14.2. The summed E-state index contributed by atoms with van der Waals surface area (Å²) < 4.78 is 1.22. The zero-order chi connectivity index (χ0) is 15.2. The summed E-state index contributed by atoms with van der Waals surface area (Å²) in [6, 6.07) is 8.16. The van der Waals surface area contributed by atoms with E-state index in [9.17, 15) is 4.79 Å². The lowest BCUT2D eigenvalue weighted by molar-refractivity contribution is 0.0908. The zero-order valence-electron chi connectivity index (χ0n) is 12.7. The van der Waals surface area contributed by atoms with Crippen LogP contribution in [0.25, 0.3) is 10.1 Å². The first-order valence-corrected chi connectivity index (χ1v) is 9.11. The average Bonchev–Trinajstić information content (AvgIpc) is 2.99. The summed E-state index contributed by atoms with van der Waals surface area (Å²) in [7, 11) is 0. The van der Waals surface area contributed by atoms with Crippen LogP contribution in [0.5, 0.6) is 0 Å². The lowest BCUT2D eigenvalue weighted by Crippen LogP contribution is -2.53. The van der Waals surface area contributed by atoms with Gasteiger partial charge in [0.05, 0.1) is 0 Å². The fourth-order valence-electron chi connectivity index (χ4n) is 3.81. The lowest BCUT2D eigenvalue weighted by Gasteiger charge is -2.30.